The summed E-state index contributed by atoms with van der Waals surface area (Å²) in [6.45, 7) is 4.74. The summed E-state index contributed by atoms with van der Waals surface area (Å²) in [6.07, 6.45) is 7.43. The van der Waals surface area contributed by atoms with Crippen molar-refractivity contribution in [3.05, 3.63) is 29.8 Å². The summed E-state index contributed by atoms with van der Waals surface area (Å²) in [4.78, 5) is 11.7. The molecule has 0 amide bonds. The van der Waals surface area contributed by atoms with E-state index in [0.29, 0.717) is 23.8 Å². The second-order valence-electron chi connectivity index (χ2n) is 5.31. The van der Waals surface area contributed by atoms with Crippen molar-refractivity contribution in [2.45, 2.75) is 39.5 Å². The first-order chi connectivity index (χ1) is 10.6. The molecule has 0 spiro atoms. The van der Waals surface area contributed by atoms with Crippen molar-refractivity contribution in [1.82, 2.24) is 0 Å². The van der Waals surface area contributed by atoms with E-state index in [-0.39, 0.29) is 11.7 Å². The third-order valence-corrected chi connectivity index (χ3v) is 3.62. The van der Waals surface area contributed by atoms with Crippen molar-refractivity contribution in [2.24, 2.45) is 5.92 Å². The van der Waals surface area contributed by atoms with Gasteiger partial charge in [-0.2, -0.15) is 0 Å². The Kier molecular flexibility index (Phi) is 8.11. The van der Waals surface area contributed by atoms with E-state index in [1.807, 2.05) is 0 Å². The van der Waals surface area contributed by atoms with Gasteiger partial charge < -0.3 is 14.6 Å². The molecule has 0 aromatic heterocycles. The molecule has 0 bridgehead atoms. The average molecular weight is 306 g/mol. The number of hydrogen-bond acceptors (Lipinski definition) is 4. The van der Waals surface area contributed by atoms with Crippen LogP contribution in [0.5, 0.6) is 11.5 Å². The first-order valence-corrected chi connectivity index (χ1v) is 7.82. The molecule has 0 saturated carbocycles. The maximum Gasteiger partial charge on any atom is 0.330 e. The van der Waals surface area contributed by atoms with Gasteiger partial charge >= 0.3 is 5.97 Å². The van der Waals surface area contributed by atoms with Crippen LogP contribution >= 0.6 is 0 Å². The van der Waals surface area contributed by atoms with Gasteiger partial charge in [0.15, 0.2) is 11.5 Å². The third-order valence-electron chi connectivity index (χ3n) is 3.62. The maximum atomic E-state index is 11.7. The highest BCUT2D eigenvalue weighted by Crippen LogP contribution is 2.26. The molecule has 0 aliphatic rings. The van der Waals surface area contributed by atoms with Crippen LogP contribution in [0.15, 0.2) is 24.3 Å². The molecule has 4 heteroatoms. The second-order valence-corrected chi connectivity index (χ2v) is 5.31. The summed E-state index contributed by atoms with van der Waals surface area (Å²) in [5, 5.41) is 9.67. The van der Waals surface area contributed by atoms with E-state index in [1.54, 1.807) is 24.3 Å². The van der Waals surface area contributed by atoms with E-state index in [0.717, 1.165) is 25.7 Å². The monoisotopic (exact) mass is 306 g/mol. The Bertz CT molecular complexity index is 494. The molecule has 0 aliphatic carbocycles. The predicted molar refractivity (Wildman–Crippen MR) is 88.0 cm³/mol. The molecule has 0 fully saturated rings. The lowest BCUT2D eigenvalue weighted by atomic mass is 10.0. The number of rotatable bonds is 9. The Morgan fingerprint density at radius 3 is 2.73 bits per heavy atom. The predicted octanol–water partition coefficient (Wildman–Crippen LogP) is 4.17. The largest absolute Gasteiger partial charge is 0.504 e. The highest BCUT2D eigenvalue weighted by Gasteiger charge is 2.08. The molecule has 122 valence electrons. The maximum absolute atomic E-state index is 11.7. The Hall–Kier alpha value is -1.97. The van der Waals surface area contributed by atoms with Crippen molar-refractivity contribution in [1.29, 1.82) is 0 Å². The molecule has 22 heavy (non-hydrogen) atoms. The first-order valence-electron chi connectivity index (χ1n) is 7.82. The zero-order chi connectivity index (χ0) is 16.4. The molecule has 1 aromatic carbocycles. The zero-order valence-electron chi connectivity index (χ0n) is 13.7. The van der Waals surface area contributed by atoms with Gasteiger partial charge in [0.05, 0.1) is 13.7 Å². The Morgan fingerprint density at radius 1 is 1.36 bits per heavy atom. The topological polar surface area (TPSA) is 55.8 Å². The zero-order valence-corrected chi connectivity index (χ0v) is 13.7. The summed E-state index contributed by atoms with van der Waals surface area (Å²) < 4.78 is 10.2. The van der Waals surface area contributed by atoms with Crippen LogP contribution in [0, 0.1) is 5.92 Å². The highest BCUT2D eigenvalue weighted by atomic mass is 16.5. The molecular weight excluding hydrogens is 280 g/mol. The van der Waals surface area contributed by atoms with E-state index in [4.69, 9.17) is 9.47 Å². The Labute approximate surface area is 132 Å². The number of hydrogen-bond donors (Lipinski definition) is 1. The quantitative estimate of drug-likeness (QED) is 0.549. The fourth-order valence-electron chi connectivity index (χ4n) is 2.12. The summed E-state index contributed by atoms with van der Waals surface area (Å²) in [5.74, 6) is 0.526. The molecule has 1 atom stereocenters. The van der Waals surface area contributed by atoms with Gasteiger partial charge in [0.2, 0.25) is 0 Å². The number of carbonyl (C=O) groups is 1. The lowest BCUT2D eigenvalue weighted by Gasteiger charge is -2.13. The number of phenols is 1. The van der Waals surface area contributed by atoms with E-state index >= 15 is 0 Å². The normalized spacial score (nSPS) is 12.3. The number of aromatic hydroxyl groups is 1. The molecule has 4 nitrogen and oxygen atoms in total. The van der Waals surface area contributed by atoms with Crippen LogP contribution in [0.2, 0.25) is 0 Å². The van der Waals surface area contributed by atoms with Crippen LogP contribution in [0.25, 0.3) is 6.08 Å². The molecule has 1 rings (SSSR count). The number of benzene rings is 1. The van der Waals surface area contributed by atoms with Crippen LogP contribution in [0.3, 0.4) is 0 Å². The number of unbranched alkanes of at least 4 members (excludes halogenated alkanes) is 1. The average Bonchev–Trinajstić information content (AvgIpc) is 2.53. The molecule has 1 unspecified atom stereocenters. The standard InChI is InChI=1S/C18H26O4/c1-4-6-7-14(5-2)13-22-18(20)11-9-15-8-10-17(21-3)16(19)12-15/h8-12,14,19H,4-7,13H2,1-3H3/b11-9+. The number of carbonyl (C=O) groups excluding carboxylic acids is 1. The van der Waals surface area contributed by atoms with E-state index in [1.165, 1.54) is 13.2 Å². The smallest absolute Gasteiger partial charge is 0.330 e. The van der Waals surface area contributed by atoms with Crippen molar-refractivity contribution in [2.75, 3.05) is 13.7 Å². The Balaban J connectivity index is 2.48. The minimum atomic E-state index is -0.356. The summed E-state index contributed by atoms with van der Waals surface area (Å²) in [5.41, 5.74) is 0.716. The number of esters is 1. The van der Waals surface area contributed by atoms with E-state index in [2.05, 4.69) is 13.8 Å². The molecule has 0 aliphatic heterocycles. The lowest BCUT2D eigenvalue weighted by Crippen LogP contribution is -2.12. The van der Waals surface area contributed by atoms with Gasteiger partial charge in [-0.15, -0.1) is 0 Å². The molecule has 0 saturated heterocycles. The minimum absolute atomic E-state index is 0.0450. The molecule has 0 heterocycles. The van der Waals surface area contributed by atoms with Crippen LogP contribution in [0.1, 0.15) is 45.1 Å². The van der Waals surface area contributed by atoms with Crippen LogP contribution in [-0.2, 0) is 9.53 Å². The first kappa shape index (κ1) is 18.1. The van der Waals surface area contributed by atoms with E-state index < -0.39 is 0 Å². The molecule has 1 N–H and O–H groups in total. The van der Waals surface area contributed by atoms with Gasteiger partial charge in [-0.1, -0.05) is 39.2 Å². The number of phenolic OH excluding ortho intramolecular Hbond substituents is 1. The van der Waals surface area contributed by atoms with Gasteiger partial charge in [-0.25, -0.2) is 4.79 Å². The fraction of sp³-hybridized carbons (Fsp3) is 0.500. The van der Waals surface area contributed by atoms with Crippen molar-refractivity contribution >= 4 is 12.0 Å². The van der Waals surface area contributed by atoms with Gasteiger partial charge in [0.25, 0.3) is 0 Å². The number of methoxy groups -OCH3 is 1. The summed E-state index contributed by atoms with van der Waals surface area (Å²) in [7, 11) is 1.49. The van der Waals surface area contributed by atoms with Gasteiger partial charge in [-0.05, 0) is 36.1 Å². The lowest BCUT2D eigenvalue weighted by molar-refractivity contribution is -0.139. The van der Waals surface area contributed by atoms with E-state index in [9.17, 15) is 9.90 Å². The van der Waals surface area contributed by atoms with Gasteiger partial charge in [0, 0.05) is 6.08 Å². The minimum Gasteiger partial charge on any atom is -0.504 e. The summed E-state index contributed by atoms with van der Waals surface area (Å²) >= 11 is 0. The molecule has 0 radical (unpaired) electrons. The van der Waals surface area contributed by atoms with Gasteiger partial charge in [-0.3, -0.25) is 0 Å². The highest BCUT2D eigenvalue weighted by molar-refractivity contribution is 5.87. The Morgan fingerprint density at radius 2 is 2.14 bits per heavy atom. The van der Waals surface area contributed by atoms with Crippen LogP contribution in [-0.4, -0.2) is 24.8 Å². The third kappa shape index (κ3) is 6.20. The van der Waals surface area contributed by atoms with Crippen LogP contribution in [0.4, 0.5) is 0 Å². The van der Waals surface area contributed by atoms with Crippen molar-refractivity contribution < 1.29 is 19.4 Å². The van der Waals surface area contributed by atoms with Gasteiger partial charge in [0.1, 0.15) is 0 Å². The van der Waals surface area contributed by atoms with Crippen molar-refractivity contribution in [3.63, 3.8) is 0 Å². The summed E-state index contributed by atoms with van der Waals surface area (Å²) in [6, 6.07) is 4.95. The van der Waals surface area contributed by atoms with Crippen LogP contribution < -0.4 is 4.74 Å². The molecular formula is C18H26O4. The second kappa shape index (κ2) is 9.87. The SMILES string of the molecule is CCCCC(CC)COC(=O)/C=C/c1ccc(OC)c(O)c1. The fourth-order valence-corrected chi connectivity index (χ4v) is 2.12. The number of ether oxygens (including phenoxy) is 2. The van der Waals surface area contributed by atoms with Crippen molar-refractivity contribution in [3.8, 4) is 11.5 Å². The molecule has 1 aromatic rings.